The molecule has 1 aromatic carbocycles. The molecule has 6 nitrogen and oxygen atoms in total. The summed E-state index contributed by atoms with van der Waals surface area (Å²) in [7, 11) is -3.56. The molecule has 0 unspecified atom stereocenters. The fourth-order valence-corrected chi connectivity index (χ4v) is 4.26. The van der Waals surface area contributed by atoms with Crippen molar-refractivity contribution in [2.24, 2.45) is 0 Å². The number of sulfonamides is 1. The number of amides is 1. The first-order valence-corrected chi connectivity index (χ1v) is 9.65. The number of rotatable bonds is 3. The van der Waals surface area contributed by atoms with Crippen LogP contribution in [0.15, 0.2) is 29.2 Å². The third-order valence-corrected chi connectivity index (χ3v) is 5.74. The van der Waals surface area contributed by atoms with Gasteiger partial charge in [-0.3, -0.25) is 0 Å². The second-order valence-electron chi connectivity index (χ2n) is 6.78. The number of piperidine rings is 1. The Kier molecular flexibility index (Phi) is 5.78. The molecule has 1 heterocycles. The molecule has 0 radical (unpaired) electrons. The summed E-state index contributed by atoms with van der Waals surface area (Å²) in [4.78, 5) is 12.0. The molecule has 1 aliphatic rings. The van der Waals surface area contributed by atoms with Gasteiger partial charge in [-0.05, 0) is 51.8 Å². The largest absolute Gasteiger partial charge is 0.444 e. The summed E-state index contributed by atoms with van der Waals surface area (Å²) < 4.78 is 31.9. The molecule has 134 valence electrons. The van der Waals surface area contributed by atoms with Crippen molar-refractivity contribution in [3.8, 4) is 0 Å². The van der Waals surface area contributed by atoms with Crippen LogP contribution < -0.4 is 5.32 Å². The lowest BCUT2D eigenvalue weighted by Crippen LogP contribution is -2.47. The van der Waals surface area contributed by atoms with Crippen molar-refractivity contribution >= 4 is 27.7 Å². The second-order valence-corrected chi connectivity index (χ2v) is 9.16. The maximum absolute atomic E-state index is 12.6. The van der Waals surface area contributed by atoms with Crippen molar-refractivity contribution in [1.82, 2.24) is 9.62 Å². The average Bonchev–Trinajstić information content (AvgIpc) is 2.45. The van der Waals surface area contributed by atoms with E-state index in [9.17, 15) is 13.2 Å². The Labute approximate surface area is 148 Å². The lowest BCUT2D eigenvalue weighted by molar-refractivity contribution is 0.0489. The topological polar surface area (TPSA) is 75.7 Å². The van der Waals surface area contributed by atoms with E-state index in [1.165, 1.54) is 16.4 Å². The van der Waals surface area contributed by atoms with Crippen LogP contribution in [-0.4, -0.2) is 43.5 Å². The minimum Gasteiger partial charge on any atom is -0.444 e. The van der Waals surface area contributed by atoms with Crippen molar-refractivity contribution in [1.29, 1.82) is 0 Å². The molecule has 2 rings (SSSR count). The molecule has 0 aromatic heterocycles. The number of carbonyl (C=O) groups is 1. The van der Waals surface area contributed by atoms with Gasteiger partial charge in [0.2, 0.25) is 10.0 Å². The van der Waals surface area contributed by atoms with Crippen LogP contribution in [-0.2, 0) is 14.8 Å². The predicted molar refractivity (Wildman–Crippen MR) is 92.6 cm³/mol. The summed E-state index contributed by atoms with van der Waals surface area (Å²) in [6.07, 6.45) is 0.608. The van der Waals surface area contributed by atoms with E-state index in [0.29, 0.717) is 31.0 Å². The zero-order valence-corrected chi connectivity index (χ0v) is 15.7. The van der Waals surface area contributed by atoms with Gasteiger partial charge in [-0.15, -0.1) is 0 Å². The molecule has 0 atom stereocenters. The Balaban J connectivity index is 1.94. The highest BCUT2D eigenvalue weighted by Crippen LogP contribution is 2.23. The lowest BCUT2D eigenvalue weighted by Gasteiger charge is -2.32. The minimum absolute atomic E-state index is 0.0920. The predicted octanol–water partition coefficient (Wildman–Crippen LogP) is 3.02. The molecule has 1 N–H and O–H groups in total. The van der Waals surface area contributed by atoms with E-state index in [0.717, 1.165) is 0 Å². The first-order valence-electron chi connectivity index (χ1n) is 7.83. The van der Waals surface area contributed by atoms with Gasteiger partial charge in [0.05, 0.1) is 4.90 Å². The number of alkyl carbamates (subject to hydrolysis) is 1. The number of halogens is 1. The number of benzene rings is 1. The Hall–Kier alpha value is -1.31. The van der Waals surface area contributed by atoms with Crippen LogP contribution in [0.25, 0.3) is 0 Å². The van der Waals surface area contributed by atoms with Gasteiger partial charge in [0.1, 0.15) is 5.60 Å². The van der Waals surface area contributed by atoms with Gasteiger partial charge in [-0.2, -0.15) is 4.31 Å². The summed E-state index contributed by atoms with van der Waals surface area (Å²) >= 11 is 5.88. The molecule has 1 amide bonds. The average molecular weight is 375 g/mol. The molecule has 1 aromatic rings. The molecule has 1 aliphatic heterocycles. The van der Waals surface area contributed by atoms with E-state index in [-0.39, 0.29) is 10.9 Å². The molecule has 0 bridgehead atoms. The summed E-state index contributed by atoms with van der Waals surface area (Å²) in [6, 6.07) is 6.14. The van der Waals surface area contributed by atoms with E-state index in [2.05, 4.69) is 5.32 Å². The maximum atomic E-state index is 12.6. The Morgan fingerprint density at radius 2 is 1.92 bits per heavy atom. The van der Waals surface area contributed by atoms with Gasteiger partial charge in [0.25, 0.3) is 0 Å². The van der Waals surface area contributed by atoms with Gasteiger partial charge < -0.3 is 10.1 Å². The van der Waals surface area contributed by atoms with E-state index < -0.39 is 21.7 Å². The first-order chi connectivity index (χ1) is 11.1. The zero-order valence-electron chi connectivity index (χ0n) is 14.1. The highest BCUT2D eigenvalue weighted by Gasteiger charge is 2.30. The van der Waals surface area contributed by atoms with Gasteiger partial charge >= 0.3 is 6.09 Å². The maximum Gasteiger partial charge on any atom is 0.407 e. The Bertz CT molecular complexity index is 692. The highest BCUT2D eigenvalue weighted by atomic mass is 35.5. The minimum atomic E-state index is -3.56. The van der Waals surface area contributed by atoms with Gasteiger partial charge in [0.15, 0.2) is 0 Å². The molecule has 0 saturated carbocycles. The van der Waals surface area contributed by atoms with E-state index in [4.69, 9.17) is 16.3 Å². The fraction of sp³-hybridized carbons (Fsp3) is 0.562. The van der Waals surface area contributed by atoms with Crippen LogP contribution >= 0.6 is 11.6 Å². The number of nitrogens with one attached hydrogen (secondary N) is 1. The van der Waals surface area contributed by atoms with Crippen molar-refractivity contribution in [2.45, 2.75) is 50.2 Å². The third-order valence-electron chi connectivity index (χ3n) is 3.61. The highest BCUT2D eigenvalue weighted by molar-refractivity contribution is 7.89. The molecule has 1 fully saturated rings. The molecular weight excluding hydrogens is 352 g/mol. The monoisotopic (exact) mass is 374 g/mol. The first kappa shape index (κ1) is 19.0. The number of ether oxygens (including phenoxy) is 1. The van der Waals surface area contributed by atoms with Crippen LogP contribution in [0.3, 0.4) is 0 Å². The number of nitrogens with zero attached hydrogens (tertiary/aromatic N) is 1. The second kappa shape index (κ2) is 7.29. The van der Waals surface area contributed by atoms with Crippen LogP contribution in [0.1, 0.15) is 33.6 Å². The van der Waals surface area contributed by atoms with Crippen molar-refractivity contribution < 1.29 is 17.9 Å². The zero-order chi connectivity index (χ0) is 18.0. The Morgan fingerprint density at radius 3 is 2.46 bits per heavy atom. The molecule has 8 heteroatoms. The van der Waals surface area contributed by atoms with Gasteiger partial charge in [-0.1, -0.05) is 17.7 Å². The molecule has 1 saturated heterocycles. The summed E-state index contributed by atoms with van der Waals surface area (Å²) in [5.41, 5.74) is -0.555. The van der Waals surface area contributed by atoms with Crippen molar-refractivity contribution in [3.05, 3.63) is 29.3 Å². The lowest BCUT2D eigenvalue weighted by atomic mass is 10.1. The van der Waals surface area contributed by atoms with Crippen LogP contribution in [0, 0.1) is 0 Å². The number of carbonyl (C=O) groups excluding carboxylic acids is 1. The van der Waals surface area contributed by atoms with E-state index in [1.54, 1.807) is 32.9 Å². The molecular formula is C16H23ClN2O4S. The quantitative estimate of drug-likeness (QED) is 0.882. The van der Waals surface area contributed by atoms with Crippen LogP contribution in [0.2, 0.25) is 5.02 Å². The van der Waals surface area contributed by atoms with Gasteiger partial charge in [0, 0.05) is 24.2 Å². The van der Waals surface area contributed by atoms with Crippen molar-refractivity contribution in [3.63, 3.8) is 0 Å². The number of hydrogen-bond donors (Lipinski definition) is 1. The standard InChI is InChI=1S/C16H23ClN2O4S/c1-16(2,3)23-15(20)18-13-7-9-19(10-8-13)24(21,22)14-6-4-5-12(17)11-14/h4-6,11,13H,7-10H2,1-3H3,(H,18,20). The van der Waals surface area contributed by atoms with Crippen molar-refractivity contribution in [2.75, 3.05) is 13.1 Å². The van der Waals surface area contributed by atoms with Gasteiger partial charge in [-0.25, -0.2) is 13.2 Å². The Morgan fingerprint density at radius 1 is 1.29 bits per heavy atom. The smallest absolute Gasteiger partial charge is 0.407 e. The third kappa shape index (κ3) is 5.09. The number of hydrogen-bond acceptors (Lipinski definition) is 4. The van der Waals surface area contributed by atoms with E-state index >= 15 is 0 Å². The SMILES string of the molecule is CC(C)(C)OC(=O)NC1CCN(S(=O)(=O)c2cccc(Cl)c2)CC1. The van der Waals surface area contributed by atoms with Crippen LogP contribution in [0.5, 0.6) is 0 Å². The van der Waals surface area contributed by atoms with Crippen LogP contribution in [0.4, 0.5) is 4.79 Å². The normalized spacial score (nSPS) is 17.5. The van der Waals surface area contributed by atoms with E-state index in [1.807, 2.05) is 0 Å². The molecule has 0 aliphatic carbocycles. The summed E-state index contributed by atoms with van der Waals surface area (Å²) in [6.45, 7) is 6.08. The molecule has 0 spiro atoms. The summed E-state index contributed by atoms with van der Waals surface area (Å²) in [5.74, 6) is 0. The fourth-order valence-electron chi connectivity index (χ4n) is 2.49. The summed E-state index contributed by atoms with van der Waals surface area (Å²) in [5, 5.41) is 3.18. The molecule has 24 heavy (non-hydrogen) atoms.